The van der Waals surface area contributed by atoms with Gasteiger partial charge in [-0.2, -0.15) is 15.0 Å². The van der Waals surface area contributed by atoms with E-state index in [0.29, 0.717) is 5.56 Å². The zero-order valence-corrected chi connectivity index (χ0v) is 9.85. The average Bonchev–Trinajstić information content (AvgIpc) is 2.15. The fourth-order valence-corrected chi connectivity index (χ4v) is 1.73. The van der Waals surface area contributed by atoms with Crippen LogP contribution in [-0.4, -0.2) is 15.0 Å². The Morgan fingerprint density at radius 3 is 2.12 bits per heavy atom. The van der Waals surface area contributed by atoms with Gasteiger partial charge in [0.25, 0.3) is 0 Å². The summed E-state index contributed by atoms with van der Waals surface area (Å²) in [5.41, 5.74) is 0.439. The molecule has 2 rings (SSSR count). The van der Waals surface area contributed by atoms with Gasteiger partial charge in [0.1, 0.15) is 5.82 Å². The van der Waals surface area contributed by atoms with E-state index < -0.39 is 5.82 Å². The zero-order chi connectivity index (χ0) is 11.7. The van der Waals surface area contributed by atoms with Crippen molar-refractivity contribution >= 4 is 34.8 Å². The second-order valence-electron chi connectivity index (χ2n) is 2.82. The molecule has 82 valence electrons. The minimum absolute atomic E-state index is 0.0459. The largest absolute Gasteiger partial charge is 0.227 e. The van der Waals surface area contributed by atoms with Gasteiger partial charge in [0.2, 0.25) is 10.6 Å². The van der Waals surface area contributed by atoms with E-state index in [1.165, 1.54) is 12.1 Å². The number of aromatic nitrogens is 3. The minimum Gasteiger partial charge on any atom is -0.207 e. The molecule has 0 aliphatic rings. The van der Waals surface area contributed by atoms with Gasteiger partial charge >= 0.3 is 0 Å². The van der Waals surface area contributed by atoms with E-state index in [2.05, 4.69) is 15.0 Å². The molecule has 16 heavy (non-hydrogen) atoms. The van der Waals surface area contributed by atoms with Gasteiger partial charge in [-0.1, -0.05) is 11.6 Å². The molecule has 0 spiro atoms. The molecule has 1 heterocycles. The molecule has 0 radical (unpaired) electrons. The number of rotatable bonds is 1. The molecule has 0 bridgehead atoms. The summed E-state index contributed by atoms with van der Waals surface area (Å²) in [5.74, 6) is -0.241. The maximum absolute atomic E-state index is 12.8. The van der Waals surface area contributed by atoms with Crippen LogP contribution in [0.1, 0.15) is 0 Å². The summed E-state index contributed by atoms with van der Waals surface area (Å²) in [7, 11) is 0. The van der Waals surface area contributed by atoms with E-state index in [4.69, 9.17) is 34.8 Å². The standard InChI is InChI=1S/C9H3Cl3FN3/c10-6-3-4(13)1-2-5(6)7-14-8(11)16-9(12)15-7/h1-3H. The molecule has 0 amide bonds. The van der Waals surface area contributed by atoms with Crippen LogP contribution in [0.3, 0.4) is 0 Å². The van der Waals surface area contributed by atoms with Crippen molar-refractivity contribution < 1.29 is 4.39 Å². The summed E-state index contributed by atoms with van der Waals surface area (Å²) in [4.78, 5) is 11.3. The molecule has 2 aromatic rings. The minimum atomic E-state index is -0.444. The number of nitrogens with zero attached hydrogens (tertiary/aromatic N) is 3. The van der Waals surface area contributed by atoms with E-state index in [0.717, 1.165) is 6.07 Å². The van der Waals surface area contributed by atoms with Crippen LogP contribution in [0.4, 0.5) is 4.39 Å². The highest BCUT2D eigenvalue weighted by atomic mass is 35.5. The van der Waals surface area contributed by atoms with Crippen LogP contribution in [0.2, 0.25) is 15.6 Å². The van der Waals surface area contributed by atoms with E-state index in [-0.39, 0.29) is 21.4 Å². The topological polar surface area (TPSA) is 38.7 Å². The van der Waals surface area contributed by atoms with Crippen LogP contribution >= 0.6 is 34.8 Å². The molecule has 0 fully saturated rings. The van der Waals surface area contributed by atoms with Crippen LogP contribution in [0.5, 0.6) is 0 Å². The first-order valence-corrected chi connectivity index (χ1v) is 5.22. The lowest BCUT2D eigenvalue weighted by atomic mass is 10.2. The third kappa shape index (κ3) is 2.40. The van der Waals surface area contributed by atoms with Gasteiger partial charge in [0.15, 0.2) is 5.82 Å². The van der Waals surface area contributed by atoms with Gasteiger partial charge in [-0.25, -0.2) is 4.39 Å². The van der Waals surface area contributed by atoms with Crippen LogP contribution < -0.4 is 0 Å². The number of hydrogen-bond donors (Lipinski definition) is 0. The second kappa shape index (κ2) is 4.49. The summed E-state index contributed by atoms with van der Waals surface area (Å²) in [5, 5.41) is 0.0871. The smallest absolute Gasteiger partial charge is 0.207 e. The Morgan fingerprint density at radius 2 is 1.56 bits per heavy atom. The lowest BCUT2D eigenvalue weighted by Gasteiger charge is -2.03. The van der Waals surface area contributed by atoms with Gasteiger partial charge in [0.05, 0.1) is 5.02 Å². The monoisotopic (exact) mass is 277 g/mol. The molecular formula is C9H3Cl3FN3. The SMILES string of the molecule is Fc1ccc(-c2nc(Cl)nc(Cl)n2)c(Cl)c1. The summed E-state index contributed by atoms with van der Waals surface area (Å²) >= 11 is 17.1. The van der Waals surface area contributed by atoms with Crippen molar-refractivity contribution in [2.75, 3.05) is 0 Å². The van der Waals surface area contributed by atoms with Crippen LogP contribution in [-0.2, 0) is 0 Å². The third-order valence-electron chi connectivity index (χ3n) is 1.75. The van der Waals surface area contributed by atoms with Crippen LogP contribution in [0, 0.1) is 5.82 Å². The Labute approximate surface area is 105 Å². The Balaban J connectivity index is 2.58. The van der Waals surface area contributed by atoms with E-state index in [1.54, 1.807) is 0 Å². The van der Waals surface area contributed by atoms with Crippen LogP contribution in [0.25, 0.3) is 11.4 Å². The Morgan fingerprint density at radius 1 is 0.938 bits per heavy atom. The highest BCUT2D eigenvalue weighted by Gasteiger charge is 2.10. The fourth-order valence-electron chi connectivity index (χ4n) is 1.12. The molecular weight excluding hydrogens is 275 g/mol. The molecule has 1 aromatic carbocycles. The van der Waals surface area contributed by atoms with Crippen molar-refractivity contribution in [3.05, 3.63) is 39.6 Å². The van der Waals surface area contributed by atoms with Gasteiger partial charge in [-0.15, -0.1) is 0 Å². The van der Waals surface area contributed by atoms with Crippen molar-refractivity contribution in [1.82, 2.24) is 15.0 Å². The fraction of sp³-hybridized carbons (Fsp3) is 0. The van der Waals surface area contributed by atoms with Gasteiger partial charge in [-0.3, -0.25) is 0 Å². The van der Waals surface area contributed by atoms with Crippen molar-refractivity contribution in [3.63, 3.8) is 0 Å². The molecule has 0 N–H and O–H groups in total. The second-order valence-corrected chi connectivity index (χ2v) is 3.90. The maximum Gasteiger partial charge on any atom is 0.227 e. The molecule has 0 atom stereocenters. The molecule has 3 nitrogen and oxygen atoms in total. The molecule has 1 aromatic heterocycles. The maximum atomic E-state index is 12.8. The van der Waals surface area contributed by atoms with Gasteiger partial charge < -0.3 is 0 Å². The normalized spacial score (nSPS) is 10.5. The first-order valence-electron chi connectivity index (χ1n) is 4.09. The van der Waals surface area contributed by atoms with Crippen molar-refractivity contribution in [2.45, 2.75) is 0 Å². The molecule has 0 aliphatic carbocycles. The predicted octanol–water partition coefficient (Wildman–Crippen LogP) is 3.64. The zero-order valence-electron chi connectivity index (χ0n) is 7.59. The molecule has 7 heteroatoms. The number of hydrogen-bond acceptors (Lipinski definition) is 3. The first kappa shape index (κ1) is 11.5. The van der Waals surface area contributed by atoms with Crippen molar-refractivity contribution in [3.8, 4) is 11.4 Å². The molecule has 0 saturated heterocycles. The summed E-state index contributed by atoms with van der Waals surface area (Å²) in [6.45, 7) is 0. The lowest BCUT2D eigenvalue weighted by molar-refractivity contribution is 0.628. The lowest BCUT2D eigenvalue weighted by Crippen LogP contribution is -1.94. The Hall–Kier alpha value is -0.970. The quantitative estimate of drug-likeness (QED) is 0.799. The molecule has 0 aliphatic heterocycles. The number of halogens is 4. The summed E-state index contributed by atoms with van der Waals surface area (Å²) in [6, 6.07) is 3.84. The van der Waals surface area contributed by atoms with Gasteiger partial charge in [-0.05, 0) is 41.4 Å². The van der Waals surface area contributed by atoms with Crippen molar-refractivity contribution in [2.24, 2.45) is 0 Å². The summed E-state index contributed by atoms with van der Waals surface area (Å²) < 4.78 is 12.8. The Kier molecular flexibility index (Phi) is 3.23. The number of benzene rings is 1. The predicted molar refractivity (Wildman–Crippen MR) is 60.3 cm³/mol. The highest BCUT2D eigenvalue weighted by molar-refractivity contribution is 6.33. The third-order valence-corrected chi connectivity index (χ3v) is 2.40. The van der Waals surface area contributed by atoms with E-state index in [9.17, 15) is 4.39 Å². The first-order chi connectivity index (χ1) is 7.56. The highest BCUT2D eigenvalue weighted by Crippen LogP contribution is 2.26. The summed E-state index contributed by atoms with van der Waals surface area (Å²) in [6.07, 6.45) is 0. The van der Waals surface area contributed by atoms with E-state index >= 15 is 0 Å². The molecule has 0 unspecified atom stereocenters. The van der Waals surface area contributed by atoms with Crippen molar-refractivity contribution in [1.29, 1.82) is 0 Å². The Bertz CT molecular complexity index is 527. The van der Waals surface area contributed by atoms with Crippen LogP contribution in [0.15, 0.2) is 18.2 Å². The average molecular weight is 279 g/mol. The van der Waals surface area contributed by atoms with Gasteiger partial charge in [0, 0.05) is 5.56 Å². The molecule has 0 saturated carbocycles. The van der Waals surface area contributed by atoms with E-state index in [1.807, 2.05) is 0 Å².